The van der Waals surface area contributed by atoms with Crippen molar-refractivity contribution in [2.75, 3.05) is 7.11 Å². The van der Waals surface area contributed by atoms with Crippen molar-refractivity contribution in [1.29, 1.82) is 0 Å². The molecule has 3 rings (SSSR count). The number of fused-ring (bicyclic) bond motifs is 1. The number of ether oxygens (including phenoxy) is 1. The van der Waals surface area contributed by atoms with Crippen molar-refractivity contribution in [3.05, 3.63) is 66.2 Å². The first-order chi connectivity index (χ1) is 10.7. The molecule has 0 aliphatic carbocycles. The van der Waals surface area contributed by atoms with Gasteiger partial charge in [0, 0.05) is 17.9 Å². The van der Waals surface area contributed by atoms with Crippen LogP contribution in [-0.2, 0) is 13.0 Å². The quantitative estimate of drug-likeness (QED) is 0.693. The minimum absolute atomic E-state index is 0. The second-order valence-electron chi connectivity index (χ2n) is 5.21. The van der Waals surface area contributed by atoms with Crippen LogP contribution in [0.4, 0.5) is 4.39 Å². The molecule has 0 fully saturated rings. The molecule has 1 aromatic heterocycles. The summed E-state index contributed by atoms with van der Waals surface area (Å²) < 4.78 is 20.1. The van der Waals surface area contributed by atoms with Gasteiger partial charge in [-0.25, -0.2) is 8.96 Å². The van der Waals surface area contributed by atoms with E-state index >= 15 is 0 Å². The lowest BCUT2D eigenvalue weighted by atomic mass is 10.1. The van der Waals surface area contributed by atoms with E-state index in [1.54, 1.807) is 18.2 Å². The van der Waals surface area contributed by atoms with Gasteiger partial charge < -0.3 is 22.3 Å². The maximum absolute atomic E-state index is 12.9. The number of hydrogen-bond acceptors (Lipinski definition) is 2. The Morgan fingerprint density at radius 3 is 2.52 bits per heavy atom. The third kappa shape index (κ3) is 3.90. The van der Waals surface area contributed by atoms with Crippen LogP contribution in [-0.4, -0.2) is 12.2 Å². The van der Waals surface area contributed by atoms with Crippen molar-refractivity contribution in [3.8, 4) is 11.5 Å². The fourth-order valence-corrected chi connectivity index (χ4v) is 2.47. The highest BCUT2D eigenvalue weighted by molar-refractivity contribution is 5.84. The number of aromatic nitrogens is 1. The van der Waals surface area contributed by atoms with Gasteiger partial charge in [0.2, 0.25) is 0 Å². The molecule has 120 valence electrons. The Labute approximate surface area is 140 Å². The van der Waals surface area contributed by atoms with Gasteiger partial charge in [-0.1, -0.05) is 12.1 Å². The Morgan fingerprint density at radius 1 is 1.09 bits per heavy atom. The van der Waals surface area contributed by atoms with Crippen molar-refractivity contribution in [3.63, 3.8) is 0 Å². The molecule has 0 unspecified atom stereocenters. The number of hydrogen-bond donors (Lipinski definition) is 1. The van der Waals surface area contributed by atoms with E-state index < -0.39 is 0 Å². The molecule has 0 bridgehead atoms. The van der Waals surface area contributed by atoms with E-state index in [0.29, 0.717) is 5.75 Å². The minimum atomic E-state index is -0.214. The van der Waals surface area contributed by atoms with Gasteiger partial charge in [0.05, 0.1) is 7.11 Å². The number of aromatic hydroxyl groups is 1. The number of halogens is 2. The van der Waals surface area contributed by atoms with Gasteiger partial charge in [0.1, 0.15) is 5.82 Å². The van der Waals surface area contributed by atoms with Crippen LogP contribution >= 0.6 is 0 Å². The van der Waals surface area contributed by atoms with Crippen LogP contribution in [0.1, 0.15) is 5.56 Å². The molecule has 3 nitrogen and oxygen atoms in total. The molecule has 23 heavy (non-hydrogen) atoms. The third-order valence-corrected chi connectivity index (χ3v) is 3.71. The van der Waals surface area contributed by atoms with Gasteiger partial charge in [-0.2, -0.15) is 0 Å². The summed E-state index contributed by atoms with van der Waals surface area (Å²) in [6, 6.07) is 12.0. The summed E-state index contributed by atoms with van der Waals surface area (Å²) in [5.41, 5.74) is 1.09. The van der Waals surface area contributed by atoms with Crippen LogP contribution in [0.25, 0.3) is 10.8 Å². The fraction of sp³-hybridized carbons (Fsp3) is 0.167. The Balaban J connectivity index is 0.00000192. The second kappa shape index (κ2) is 7.29. The molecule has 0 spiro atoms. The van der Waals surface area contributed by atoms with E-state index in [2.05, 4.69) is 4.57 Å². The summed E-state index contributed by atoms with van der Waals surface area (Å²) in [7, 11) is 1.53. The number of nitrogens with zero attached hydrogens (tertiary/aromatic N) is 1. The Bertz CT molecular complexity index is 806. The van der Waals surface area contributed by atoms with E-state index in [-0.39, 0.29) is 24.0 Å². The number of methoxy groups -OCH3 is 1. The highest BCUT2D eigenvalue weighted by Gasteiger charge is 2.08. The molecule has 0 atom stereocenters. The molecule has 5 heteroatoms. The lowest BCUT2D eigenvalue weighted by Gasteiger charge is -2.05. The smallest absolute Gasteiger partial charge is 0.176 e. The van der Waals surface area contributed by atoms with Crippen molar-refractivity contribution in [1.82, 2.24) is 0 Å². The summed E-state index contributed by atoms with van der Waals surface area (Å²) in [5.74, 6) is 0.386. The number of benzene rings is 2. The van der Waals surface area contributed by atoms with Crippen LogP contribution in [0.3, 0.4) is 0 Å². The van der Waals surface area contributed by atoms with Crippen molar-refractivity contribution in [2.24, 2.45) is 0 Å². The normalized spacial score (nSPS) is 10.3. The van der Waals surface area contributed by atoms with Gasteiger partial charge in [-0.3, -0.25) is 0 Å². The first kappa shape index (κ1) is 17.0. The Hall–Kier alpha value is -2.33. The fourth-order valence-electron chi connectivity index (χ4n) is 2.47. The van der Waals surface area contributed by atoms with E-state index in [9.17, 15) is 9.50 Å². The van der Waals surface area contributed by atoms with Gasteiger partial charge >= 0.3 is 0 Å². The largest absolute Gasteiger partial charge is 1.00 e. The summed E-state index contributed by atoms with van der Waals surface area (Å²) in [5, 5.41) is 11.7. The monoisotopic (exact) mass is 333 g/mol. The van der Waals surface area contributed by atoms with E-state index in [4.69, 9.17) is 4.74 Å². The predicted molar refractivity (Wildman–Crippen MR) is 82.5 cm³/mol. The summed E-state index contributed by atoms with van der Waals surface area (Å²) in [6.07, 6.45) is 4.81. The average molecular weight is 334 g/mol. The molecule has 0 aliphatic rings. The molecule has 0 saturated carbocycles. The van der Waals surface area contributed by atoms with Crippen molar-refractivity contribution in [2.45, 2.75) is 13.0 Å². The maximum atomic E-state index is 12.9. The summed E-state index contributed by atoms with van der Waals surface area (Å²) >= 11 is 0. The predicted octanol–water partition coefficient (Wildman–Crippen LogP) is 0.227. The van der Waals surface area contributed by atoms with Crippen LogP contribution in [0, 0.1) is 5.82 Å². The van der Waals surface area contributed by atoms with E-state index in [1.165, 1.54) is 19.2 Å². The zero-order valence-corrected chi connectivity index (χ0v) is 13.4. The average Bonchev–Trinajstić information content (AvgIpc) is 2.53. The molecule has 1 heterocycles. The van der Waals surface area contributed by atoms with Crippen LogP contribution in [0.15, 0.2) is 54.9 Å². The number of phenolic OH excluding ortho intramolecular Hbond substituents is 1. The van der Waals surface area contributed by atoms with E-state index in [1.807, 2.05) is 24.5 Å². The van der Waals surface area contributed by atoms with E-state index in [0.717, 1.165) is 29.3 Å². The number of rotatable bonds is 4. The lowest BCUT2D eigenvalue weighted by molar-refractivity contribution is -0.695. The zero-order valence-electron chi connectivity index (χ0n) is 12.7. The highest BCUT2D eigenvalue weighted by Crippen LogP contribution is 2.30. The third-order valence-electron chi connectivity index (χ3n) is 3.71. The first-order valence-corrected chi connectivity index (χ1v) is 7.10. The molecule has 0 aliphatic heterocycles. The molecule has 0 amide bonds. The molecular weight excluding hydrogens is 317 g/mol. The van der Waals surface area contributed by atoms with Crippen LogP contribution in [0.5, 0.6) is 11.5 Å². The summed E-state index contributed by atoms with van der Waals surface area (Å²) in [6.45, 7) is 0.796. The lowest BCUT2D eigenvalue weighted by Crippen LogP contribution is -3.00. The highest BCUT2D eigenvalue weighted by atomic mass is 35.5. The van der Waals surface area contributed by atoms with Crippen molar-refractivity contribution >= 4 is 10.8 Å². The Morgan fingerprint density at radius 2 is 1.83 bits per heavy atom. The minimum Gasteiger partial charge on any atom is -1.00 e. The maximum Gasteiger partial charge on any atom is 0.176 e. The Kier molecular flexibility index (Phi) is 5.40. The van der Waals surface area contributed by atoms with Crippen LogP contribution < -0.4 is 21.7 Å². The van der Waals surface area contributed by atoms with Crippen LogP contribution in [0.2, 0.25) is 0 Å². The molecule has 0 saturated heterocycles. The molecular formula is C18H17ClFNO2. The standard InChI is InChI=1S/C18H16FNO2.ClH/c1-22-18-11-15-12-20(9-7-14(15)10-17(18)21)8-6-13-2-4-16(19)5-3-13;/h2-5,7,9-12H,6,8H2,1H3;1H. The zero-order chi connectivity index (χ0) is 15.5. The van der Waals surface area contributed by atoms with Gasteiger partial charge in [0.15, 0.2) is 30.4 Å². The molecule has 1 N–H and O–H groups in total. The molecule has 3 aromatic rings. The number of pyridine rings is 1. The van der Waals surface area contributed by atoms with Crippen molar-refractivity contribution < 1.29 is 31.2 Å². The van der Waals surface area contributed by atoms with Gasteiger partial charge in [0.25, 0.3) is 0 Å². The van der Waals surface area contributed by atoms with Gasteiger partial charge in [-0.15, -0.1) is 0 Å². The summed E-state index contributed by atoms with van der Waals surface area (Å²) in [4.78, 5) is 0. The number of aryl methyl sites for hydroxylation is 2. The topological polar surface area (TPSA) is 33.3 Å². The number of phenols is 1. The SMILES string of the molecule is COc1cc2c[n+](CCc3ccc(F)cc3)ccc2cc1O.[Cl-]. The second-order valence-corrected chi connectivity index (χ2v) is 5.21. The first-order valence-electron chi connectivity index (χ1n) is 7.10. The molecule has 0 radical (unpaired) electrons. The van der Waals surface area contributed by atoms with Gasteiger partial charge in [-0.05, 0) is 35.2 Å². The molecule has 2 aromatic carbocycles.